The largest absolute Gasteiger partial charge is 0.493 e. The summed E-state index contributed by atoms with van der Waals surface area (Å²) >= 11 is 0. The average Bonchev–Trinajstić information content (AvgIpc) is 2.80. The van der Waals surface area contributed by atoms with Crippen molar-refractivity contribution in [3.8, 4) is 5.75 Å². The Balaban J connectivity index is 1.50. The van der Waals surface area contributed by atoms with Crippen LogP contribution in [0, 0.1) is 6.92 Å². The quantitative estimate of drug-likeness (QED) is 0.421. The van der Waals surface area contributed by atoms with Crippen molar-refractivity contribution in [2.75, 3.05) is 29.1 Å². The zero-order chi connectivity index (χ0) is 22.8. The van der Waals surface area contributed by atoms with Crippen LogP contribution in [0.25, 0.3) is 0 Å². The topological polar surface area (TPSA) is 79.5 Å². The van der Waals surface area contributed by atoms with Gasteiger partial charge in [0.15, 0.2) is 0 Å². The van der Waals surface area contributed by atoms with Gasteiger partial charge in [0, 0.05) is 36.0 Å². The molecule has 0 fully saturated rings. The van der Waals surface area contributed by atoms with Gasteiger partial charge in [-0.15, -0.1) is 0 Å². The summed E-state index contributed by atoms with van der Waals surface area (Å²) in [5.74, 6) is 0.490. The fourth-order valence-corrected chi connectivity index (χ4v) is 3.18. The lowest BCUT2D eigenvalue weighted by molar-refractivity contribution is -0.116. The highest BCUT2D eigenvalue weighted by Gasteiger charge is 2.09. The third-order valence-corrected chi connectivity index (χ3v) is 4.99. The second kappa shape index (κ2) is 11.6. The van der Waals surface area contributed by atoms with Crippen LogP contribution in [0.15, 0.2) is 72.8 Å². The molecule has 0 aliphatic rings. The van der Waals surface area contributed by atoms with Gasteiger partial charge in [-0.05, 0) is 42.3 Å². The Labute approximate surface area is 189 Å². The van der Waals surface area contributed by atoms with Crippen molar-refractivity contribution in [3.05, 3.63) is 83.9 Å². The van der Waals surface area contributed by atoms with E-state index in [1.165, 1.54) is 5.56 Å². The standard InChI is InChI=1S/C26H29N3O3/c1-3-25(30)29-24-14-8-13-23(19(24)2)27-18-26(31)28-21-11-7-12-22(17-21)32-16-15-20-9-5-4-6-10-20/h4-14,17,27H,3,15-16,18H2,1-2H3,(H,28,31)(H,29,30). The maximum atomic E-state index is 12.4. The molecular formula is C26H29N3O3. The van der Waals surface area contributed by atoms with Crippen molar-refractivity contribution in [2.45, 2.75) is 26.7 Å². The van der Waals surface area contributed by atoms with Gasteiger partial charge in [0.25, 0.3) is 0 Å². The van der Waals surface area contributed by atoms with E-state index in [9.17, 15) is 9.59 Å². The molecule has 3 N–H and O–H groups in total. The van der Waals surface area contributed by atoms with E-state index in [0.717, 1.165) is 23.4 Å². The molecule has 166 valence electrons. The Morgan fingerprint density at radius 3 is 2.38 bits per heavy atom. The lowest BCUT2D eigenvalue weighted by atomic mass is 10.1. The van der Waals surface area contributed by atoms with Gasteiger partial charge in [-0.25, -0.2) is 0 Å². The number of ether oxygens (including phenoxy) is 1. The van der Waals surface area contributed by atoms with Crippen molar-refractivity contribution in [1.29, 1.82) is 0 Å². The highest BCUT2D eigenvalue weighted by atomic mass is 16.5. The second-order valence-electron chi connectivity index (χ2n) is 7.39. The molecule has 0 bridgehead atoms. The summed E-state index contributed by atoms with van der Waals surface area (Å²) in [6.07, 6.45) is 1.23. The molecule has 6 heteroatoms. The summed E-state index contributed by atoms with van der Waals surface area (Å²) in [6.45, 7) is 4.38. The van der Waals surface area contributed by atoms with E-state index in [4.69, 9.17) is 4.74 Å². The third kappa shape index (κ3) is 6.87. The molecule has 0 aliphatic carbocycles. The minimum Gasteiger partial charge on any atom is -0.493 e. The van der Waals surface area contributed by atoms with Crippen LogP contribution in [0.1, 0.15) is 24.5 Å². The predicted octanol–water partition coefficient (Wildman–Crippen LogP) is 5.02. The first-order valence-electron chi connectivity index (χ1n) is 10.7. The zero-order valence-corrected chi connectivity index (χ0v) is 18.5. The van der Waals surface area contributed by atoms with Gasteiger partial charge in [-0.1, -0.05) is 49.4 Å². The van der Waals surface area contributed by atoms with Gasteiger partial charge in [0.1, 0.15) is 5.75 Å². The normalized spacial score (nSPS) is 10.3. The van der Waals surface area contributed by atoms with Crippen molar-refractivity contribution >= 4 is 28.9 Å². The summed E-state index contributed by atoms with van der Waals surface area (Å²) in [5.41, 5.74) is 4.32. The maximum absolute atomic E-state index is 12.4. The summed E-state index contributed by atoms with van der Waals surface area (Å²) in [6, 6.07) is 23.1. The molecule has 0 unspecified atom stereocenters. The SMILES string of the molecule is CCC(=O)Nc1cccc(NCC(=O)Nc2cccc(OCCc3ccccc3)c2)c1C. The molecule has 0 saturated heterocycles. The van der Waals surface area contributed by atoms with E-state index in [0.29, 0.717) is 24.5 Å². The van der Waals surface area contributed by atoms with Crippen molar-refractivity contribution in [3.63, 3.8) is 0 Å². The molecule has 0 aliphatic heterocycles. The predicted molar refractivity (Wildman–Crippen MR) is 129 cm³/mol. The van der Waals surface area contributed by atoms with E-state index >= 15 is 0 Å². The van der Waals surface area contributed by atoms with Crippen molar-refractivity contribution in [2.24, 2.45) is 0 Å². The average molecular weight is 432 g/mol. The number of rotatable bonds is 10. The van der Waals surface area contributed by atoms with Crippen LogP contribution in [0.2, 0.25) is 0 Å². The number of carbonyl (C=O) groups is 2. The number of nitrogens with one attached hydrogen (secondary N) is 3. The van der Waals surface area contributed by atoms with Crippen molar-refractivity contribution in [1.82, 2.24) is 0 Å². The first kappa shape index (κ1) is 22.9. The molecule has 0 aromatic heterocycles. The molecule has 3 aromatic rings. The number of anilines is 3. The zero-order valence-electron chi connectivity index (χ0n) is 18.5. The number of benzene rings is 3. The molecular weight excluding hydrogens is 402 g/mol. The van der Waals surface area contributed by atoms with Crippen LogP contribution >= 0.6 is 0 Å². The molecule has 0 saturated carbocycles. The lowest BCUT2D eigenvalue weighted by Crippen LogP contribution is -2.22. The minimum atomic E-state index is -0.172. The lowest BCUT2D eigenvalue weighted by Gasteiger charge is -2.14. The van der Waals surface area contributed by atoms with Gasteiger partial charge in [-0.3, -0.25) is 9.59 Å². The Kier molecular flexibility index (Phi) is 8.26. The summed E-state index contributed by atoms with van der Waals surface area (Å²) in [5, 5.41) is 8.89. The summed E-state index contributed by atoms with van der Waals surface area (Å²) in [7, 11) is 0. The Bertz CT molecular complexity index is 1050. The van der Waals surface area contributed by atoms with Gasteiger partial charge >= 0.3 is 0 Å². The molecule has 0 heterocycles. The number of amides is 2. The van der Waals surface area contributed by atoms with E-state index in [1.54, 1.807) is 6.92 Å². The monoisotopic (exact) mass is 431 g/mol. The van der Waals surface area contributed by atoms with Gasteiger partial charge < -0.3 is 20.7 Å². The van der Waals surface area contributed by atoms with Gasteiger partial charge in [0.2, 0.25) is 11.8 Å². The first-order chi connectivity index (χ1) is 15.5. The molecule has 6 nitrogen and oxygen atoms in total. The van der Waals surface area contributed by atoms with Crippen molar-refractivity contribution < 1.29 is 14.3 Å². The van der Waals surface area contributed by atoms with Crippen LogP contribution < -0.4 is 20.7 Å². The highest BCUT2D eigenvalue weighted by Crippen LogP contribution is 2.23. The Morgan fingerprint density at radius 2 is 1.59 bits per heavy atom. The molecule has 0 spiro atoms. The van der Waals surface area contributed by atoms with Crippen LogP contribution in [0.3, 0.4) is 0 Å². The van der Waals surface area contributed by atoms with E-state index in [1.807, 2.05) is 67.6 Å². The van der Waals surface area contributed by atoms with E-state index < -0.39 is 0 Å². The maximum Gasteiger partial charge on any atom is 0.243 e. The van der Waals surface area contributed by atoms with E-state index in [-0.39, 0.29) is 18.4 Å². The minimum absolute atomic E-state index is 0.0473. The Hall–Kier alpha value is -3.80. The summed E-state index contributed by atoms with van der Waals surface area (Å²) < 4.78 is 5.83. The molecule has 2 amide bonds. The number of carbonyl (C=O) groups excluding carboxylic acids is 2. The van der Waals surface area contributed by atoms with Gasteiger partial charge in [0.05, 0.1) is 13.2 Å². The fraction of sp³-hybridized carbons (Fsp3) is 0.231. The molecule has 0 atom stereocenters. The molecule has 32 heavy (non-hydrogen) atoms. The van der Waals surface area contributed by atoms with Crippen LogP contribution in [-0.2, 0) is 16.0 Å². The first-order valence-corrected chi connectivity index (χ1v) is 10.7. The summed E-state index contributed by atoms with van der Waals surface area (Å²) in [4.78, 5) is 24.1. The molecule has 3 rings (SSSR count). The highest BCUT2D eigenvalue weighted by molar-refractivity contribution is 5.95. The third-order valence-electron chi connectivity index (χ3n) is 4.99. The smallest absolute Gasteiger partial charge is 0.243 e. The van der Waals surface area contributed by atoms with Crippen LogP contribution in [0.5, 0.6) is 5.75 Å². The molecule has 3 aromatic carbocycles. The molecule has 0 radical (unpaired) electrons. The van der Waals surface area contributed by atoms with Gasteiger partial charge in [-0.2, -0.15) is 0 Å². The number of hydrogen-bond acceptors (Lipinski definition) is 4. The van der Waals surface area contributed by atoms with Crippen LogP contribution in [-0.4, -0.2) is 25.0 Å². The Morgan fingerprint density at radius 1 is 0.844 bits per heavy atom. The second-order valence-corrected chi connectivity index (χ2v) is 7.39. The van der Waals surface area contributed by atoms with Crippen LogP contribution in [0.4, 0.5) is 17.1 Å². The number of hydrogen-bond donors (Lipinski definition) is 3. The van der Waals surface area contributed by atoms with E-state index in [2.05, 4.69) is 28.1 Å². The fourth-order valence-electron chi connectivity index (χ4n) is 3.18.